The summed E-state index contributed by atoms with van der Waals surface area (Å²) in [6.07, 6.45) is -1.34. The summed E-state index contributed by atoms with van der Waals surface area (Å²) < 4.78 is 40.4. The van der Waals surface area contributed by atoms with Crippen molar-refractivity contribution in [3.63, 3.8) is 0 Å². The number of nitrogens with two attached hydrogens (primary N) is 1. The number of piperidine rings is 1. The Labute approximate surface area is 167 Å². The van der Waals surface area contributed by atoms with E-state index in [1.165, 1.54) is 11.6 Å². The van der Waals surface area contributed by atoms with E-state index < -0.39 is 11.7 Å². The maximum atomic E-state index is 13.5. The molecule has 0 aliphatic carbocycles. The van der Waals surface area contributed by atoms with Crippen molar-refractivity contribution >= 4 is 5.82 Å². The number of hydrogen-bond donors (Lipinski definition) is 2. The number of rotatable bonds is 3. The van der Waals surface area contributed by atoms with Gasteiger partial charge < -0.3 is 11.1 Å². The van der Waals surface area contributed by atoms with Gasteiger partial charge in [0.1, 0.15) is 5.82 Å². The van der Waals surface area contributed by atoms with Crippen LogP contribution < -0.4 is 11.1 Å². The largest absolute Gasteiger partial charge is 0.417 e. The average molecular weight is 398 g/mol. The smallest absolute Gasteiger partial charge is 0.383 e. The molecule has 3 heterocycles. The fourth-order valence-electron chi connectivity index (χ4n) is 3.83. The second-order valence-electron chi connectivity index (χ2n) is 7.17. The first-order valence-electron chi connectivity index (χ1n) is 9.53. The molecule has 4 nitrogen and oxygen atoms in total. The van der Waals surface area contributed by atoms with Gasteiger partial charge in [0, 0.05) is 11.8 Å². The molecular formula is C22H21F3N4. The van der Waals surface area contributed by atoms with Gasteiger partial charge in [-0.25, -0.2) is 9.97 Å². The molecule has 3 aromatic rings. The van der Waals surface area contributed by atoms with E-state index in [0.717, 1.165) is 43.8 Å². The van der Waals surface area contributed by atoms with Crippen molar-refractivity contribution < 1.29 is 13.2 Å². The number of halogens is 3. The zero-order chi connectivity index (χ0) is 20.4. The topological polar surface area (TPSA) is 63.8 Å². The fraction of sp³-hybridized carbons (Fsp3) is 0.273. The van der Waals surface area contributed by atoms with E-state index >= 15 is 0 Å². The molecule has 0 radical (unpaired) electrons. The lowest BCUT2D eigenvalue weighted by Gasteiger charge is -2.23. The van der Waals surface area contributed by atoms with Gasteiger partial charge in [-0.15, -0.1) is 0 Å². The van der Waals surface area contributed by atoms with Crippen LogP contribution in [0.4, 0.5) is 19.0 Å². The van der Waals surface area contributed by atoms with E-state index in [-0.39, 0.29) is 17.1 Å². The molecule has 150 valence electrons. The summed E-state index contributed by atoms with van der Waals surface area (Å²) >= 11 is 0. The van der Waals surface area contributed by atoms with Gasteiger partial charge >= 0.3 is 6.18 Å². The lowest BCUT2D eigenvalue weighted by molar-refractivity contribution is -0.137. The van der Waals surface area contributed by atoms with Crippen molar-refractivity contribution in [3.05, 3.63) is 65.9 Å². The molecule has 1 saturated heterocycles. The third-order valence-corrected chi connectivity index (χ3v) is 5.28. The molecule has 0 amide bonds. The van der Waals surface area contributed by atoms with Gasteiger partial charge in [-0.3, -0.25) is 0 Å². The Morgan fingerprint density at radius 2 is 1.69 bits per heavy atom. The SMILES string of the molecule is Nc1nccc(C(F)(F)F)c1-c1cccc(-c2cccc(C3CCNCC3)c2)n1. The van der Waals surface area contributed by atoms with Crippen LogP contribution in [0.15, 0.2) is 54.7 Å². The Bertz CT molecular complexity index is 1010. The molecule has 0 bridgehead atoms. The monoisotopic (exact) mass is 398 g/mol. The number of anilines is 1. The van der Waals surface area contributed by atoms with E-state index in [1.807, 2.05) is 12.1 Å². The standard InChI is InChI=1S/C22H21F3N4/c23-22(24,25)17-9-12-28-21(26)20(17)19-6-2-5-18(29-19)16-4-1-3-15(13-16)14-7-10-27-11-8-14/h1-6,9,12-14,27H,7-8,10-11H2,(H2,26,28). The van der Waals surface area contributed by atoms with Crippen LogP contribution in [0.2, 0.25) is 0 Å². The number of nitrogen functional groups attached to an aromatic ring is 1. The zero-order valence-electron chi connectivity index (χ0n) is 15.7. The van der Waals surface area contributed by atoms with Gasteiger partial charge in [-0.05, 0) is 61.7 Å². The van der Waals surface area contributed by atoms with Crippen LogP contribution in [0, 0.1) is 0 Å². The Hall–Kier alpha value is -2.93. The summed E-state index contributed by atoms with van der Waals surface area (Å²) in [6.45, 7) is 1.98. The van der Waals surface area contributed by atoms with Crippen LogP contribution in [-0.2, 0) is 6.18 Å². The van der Waals surface area contributed by atoms with Crippen molar-refractivity contribution in [2.24, 2.45) is 0 Å². The van der Waals surface area contributed by atoms with E-state index in [1.54, 1.807) is 12.1 Å². The third-order valence-electron chi connectivity index (χ3n) is 5.28. The normalized spacial score (nSPS) is 15.4. The molecule has 0 atom stereocenters. The minimum Gasteiger partial charge on any atom is -0.383 e. The Morgan fingerprint density at radius 1 is 0.966 bits per heavy atom. The van der Waals surface area contributed by atoms with Gasteiger partial charge in [0.05, 0.1) is 22.5 Å². The number of pyridine rings is 2. The first-order chi connectivity index (χ1) is 13.9. The van der Waals surface area contributed by atoms with Crippen LogP contribution in [0.5, 0.6) is 0 Å². The van der Waals surface area contributed by atoms with Gasteiger partial charge in [0.15, 0.2) is 0 Å². The highest BCUT2D eigenvalue weighted by Gasteiger charge is 2.35. The molecular weight excluding hydrogens is 377 g/mol. The summed E-state index contributed by atoms with van der Waals surface area (Å²) in [4.78, 5) is 8.34. The minimum atomic E-state index is -4.54. The van der Waals surface area contributed by atoms with Crippen LogP contribution in [0.3, 0.4) is 0 Å². The Kier molecular flexibility index (Phi) is 5.24. The van der Waals surface area contributed by atoms with Crippen LogP contribution in [0.25, 0.3) is 22.5 Å². The number of aromatic nitrogens is 2. The predicted molar refractivity (Wildman–Crippen MR) is 107 cm³/mol. The molecule has 0 saturated carbocycles. The molecule has 7 heteroatoms. The van der Waals surface area contributed by atoms with Crippen molar-refractivity contribution in [1.82, 2.24) is 15.3 Å². The predicted octanol–water partition coefficient (Wildman–Crippen LogP) is 4.88. The van der Waals surface area contributed by atoms with E-state index in [9.17, 15) is 13.2 Å². The highest BCUT2D eigenvalue weighted by Crippen LogP contribution is 2.39. The average Bonchev–Trinajstić information content (AvgIpc) is 2.74. The van der Waals surface area contributed by atoms with Crippen molar-refractivity contribution in [2.75, 3.05) is 18.8 Å². The van der Waals surface area contributed by atoms with Gasteiger partial charge in [-0.2, -0.15) is 13.2 Å². The third kappa shape index (κ3) is 4.10. The molecule has 1 aliphatic rings. The maximum absolute atomic E-state index is 13.5. The molecule has 1 fully saturated rings. The van der Waals surface area contributed by atoms with Gasteiger partial charge in [0.2, 0.25) is 0 Å². The number of benzene rings is 1. The molecule has 1 aliphatic heterocycles. The van der Waals surface area contributed by atoms with Crippen molar-refractivity contribution in [2.45, 2.75) is 24.9 Å². The van der Waals surface area contributed by atoms with Gasteiger partial charge in [0.25, 0.3) is 0 Å². The highest BCUT2D eigenvalue weighted by atomic mass is 19.4. The molecule has 3 N–H and O–H groups in total. The number of alkyl halides is 3. The number of nitrogens with one attached hydrogen (secondary N) is 1. The number of nitrogens with zero attached hydrogens (tertiary/aromatic N) is 2. The molecule has 4 rings (SSSR count). The second-order valence-corrected chi connectivity index (χ2v) is 7.17. The first kappa shape index (κ1) is 19.4. The lowest BCUT2D eigenvalue weighted by Crippen LogP contribution is -2.26. The molecule has 0 spiro atoms. The first-order valence-corrected chi connectivity index (χ1v) is 9.53. The maximum Gasteiger partial charge on any atom is 0.417 e. The Balaban J connectivity index is 1.75. The summed E-state index contributed by atoms with van der Waals surface area (Å²) in [5.41, 5.74) is 7.65. The minimum absolute atomic E-state index is 0.160. The quantitative estimate of drug-likeness (QED) is 0.660. The van der Waals surface area contributed by atoms with Crippen molar-refractivity contribution in [3.8, 4) is 22.5 Å². The Morgan fingerprint density at radius 3 is 2.45 bits per heavy atom. The second kappa shape index (κ2) is 7.83. The summed E-state index contributed by atoms with van der Waals surface area (Å²) in [5.74, 6) is 0.290. The highest BCUT2D eigenvalue weighted by molar-refractivity contribution is 5.76. The lowest BCUT2D eigenvalue weighted by atomic mass is 9.89. The summed E-state index contributed by atoms with van der Waals surface area (Å²) in [7, 11) is 0. The summed E-state index contributed by atoms with van der Waals surface area (Å²) in [6, 6.07) is 14.0. The molecule has 2 aromatic heterocycles. The summed E-state index contributed by atoms with van der Waals surface area (Å²) in [5, 5.41) is 3.36. The van der Waals surface area contributed by atoms with E-state index in [0.29, 0.717) is 11.6 Å². The van der Waals surface area contributed by atoms with E-state index in [2.05, 4.69) is 27.4 Å². The van der Waals surface area contributed by atoms with Crippen LogP contribution in [0.1, 0.15) is 29.9 Å². The number of hydrogen-bond acceptors (Lipinski definition) is 4. The van der Waals surface area contributed by atoms with E-state index in [4.69, 9.17) is 5.73 Å². The van der Waals surface area contributed by atoms with Gasteiger partial charge in [-0.1, -0.05) is 24.3 Å². The molecule has 1 aromatic carbocycles. The van der Waals surface area contributed by atoms with Crippen LogP contribution in [-0.4, -0.2) is 23.1 Å². The van der Waals surface area contributed by atoms with Crippen molar-refractivity contribution in [1.29, 1.82) is 0 Å². The van der Waals surface area contributed by atoms with Crippen LogP contribution >= 0.6 is 0 Å². The molecule has 0 unspecified atom stereocenters. The fourth-order valence-corrected chi connectivity index (χ4v) is 3.83. The molecule has 29 heavy (non-hydrogen) atoms. The zero-order valence-corrected chi connectivity index (χ0v) is 15.7.